The van der Waals surface area contributed by atoms with Gasteiger partial charge in [-0.25, -0.2) is 9.97 Å². The van der Waals surface area contributed by atoms with Crippen molar-refractivity contribution in [1.29, 1.82) is 0 Å². The molecule has 0 aliphatic carbocycles. The van der Waals surface area contributed by atoms with Gasteiger partial charge in [0.25, 0.3) is 0 Å². The van der Waals surface area contributed by atoms with Gasteiger partial charge >= 0.3 is 0 Å². The van der Waals surface area contributed by atoms with Crippen LogP contribution in [0.15, 0.2) is 30.6 Å². The second-order valence-corrected chi connectivity index (χ2v) is 4.76. The first-order valence-electron chi connectivity index (χ1n) is 6.81. The van der Waals surface area contributed by atoms with Crippen LogP contribution in [-0.4, -0.2) is 33.8 Å². The highest BCUT2D eigenvalue weighted by molar-refractivity contribution is 5.86. The van der Waals surface area contributed by atoms with Crippen LogP contribution in [0.1, 0.15) is 11.3 Å². The molecule has 0 bridgehead atoms. The molecule has 108 valence electrons. The molecule has 1 aromatic carbocycles. The van der Waals surface area contributed by atoms with E-state index in [0.717, 1.165) is 46.8 Å². The van der Waals surface area contributed by atoms with Crippen molar-refractivity contribution in [2.45, 2.75) is 13.3 Å². The molecule has 2 N–H and O–H groups in total. The number of nitrogens with one attached hydrogen (secondary N) is 2. The third kappa shape index (κ3) is 2.65. The highest BCUT2D eigenvalue weighted by Crippen LogP contribution is 2.20. The maximum absolute atomic E-state index is 5.35. The number of ether oxygens (including phenoxy) is 1. The number of methoxy groups -OCH3 is 1. The van der Waals surface area contributed by atoms with Crippen LogP contribution in [0, 0.1) is 6.92 Å². The molecule has 0 saturated heterocycles. The summed E-state index contributed by atoms with van der Waals surface area (Å²) in [6, 6.07) is 8.01. The number of aromatic nitrogens is 4. The average molecular weight is 283 g/mol. The number of anilines is 1. The Bertz CT molecular complexity index is 753. The molecule has 3 aromatic rings. The zero-order valence-corrected chi connectivity index (χ0v) is 12.1. The lowest BCUT2D eigenvalue weighted by molar-refractivity contribution is 0.410. The first kappa shape index (κ1) is 13.4. The van der Waals surface area contributed by atoms with Crippen molar-refractivity contribution < 1.29 is 4.74 Å². The van der Waals surface area contributed by atoms with Crippen LogP contribution >= 0.6 is 0 Å². The Morgan fingerprint density at radius 3 is 2.90 bits per heavy atom. The van der Waals surface area contributed by atoms with Gasteiger partial charge in [0.05, 0.1) is 12.8 Å². The van der Waals surface area contributed by atoms with Crippen molar-refractivity contribution in [3.05, 3.63) is 41.9 Å². The van der Waals surface area contributed by atoms with Gasteiger partial charge in [-0.2, -0.15) is 5.10 Å². The van der Waals surface area contributed by atoms with E-state index in [1.807, 2.05) is 25.1 Å². The van der Waals surface area contributed by atoms with Crippen LogP contribution in [0.5, 0.6) is 5.75 Å². The lowest BCUT2D eigenvalue weighted by Gasteiger charge is -2.09. The minimum absolute atomic E-state index is 0.748. The molecule has 2 heterocycles. The number of para-hydroxylation sites is 1. The maximum atomic E-state index is 5.35. The lowest BCUT2D eigenvalue weighted by atomic mass is 10.1. The number of rotatable bonds is 5. The van der Waals surface area contributed by atoms with Crippen LogP contribution in [-0.2, 0) is 6.42 Å². The fourth-order valence-corrected chi connectivity index (χ4v) is 2.31. The van der Waals surface area contributed by atoms with Gasteiger partial charge in [0.1, 0.15) is 17.6 Å². The van der Waals surface area contributed by atoms with Crippen LogP contribution in [0.3, 0.4) is 0 Å². The number of aromatic amines is 1. The quantitative estimate of drug-likeness (QED) is 0.751. The van der Waals surface area contributed by atoms with Crippen molar-refractivity contribution in [1.82, 2.24) is 20.2 Å². The number of fused-ring (bicyclic) bond motifs is 1. The fraction of sp³-hybridized carbons (Fsp3) is 0.267. The molecular formula is C15H17N5O. The zero-order chi connectivity index (χ0) is 14.7. The summed E-state index contributed by atoms with van der Waals surface area (Å²) < 4.78 is 5.35. The molecule has 2 aromatic heterocycles. The van der Waals surface area contributed by atoms with Crippen molar-refractivity contribution in [3.63, 3.8) is 0 Å². The SMILES string of the molecule is COc1ccccc1CCNc1ncnc2c(C)[nH]nc12. The van der Waals surface area contributed by atoms with Crippen LogP contribution in [0.4, 0.5) is 5.82 Å². The Morgan fingerprint density at radius 2 is 2.05 bits per heavy atom. The largest absolute Gasteiger partial charge is 0.496 e. The topological polar surface area (TPSA) is 75.7 Å². The van der Waals surface area contributed by atoms with Gasteiger partial charge in [0, 0.05) is 6.54 Å². The van der Waals surface area contributed by atoms with Gasteiger partial charge in [-0.15, -0.1) is 0 Å². The van der Waals surface area contributed by atoms with E-state index in [1.54, 1.807) is 13.4 Å². The summed E-state index contributed by atoms with van der Waals surface area (Å²) in [5.74, 6) is 1.65. The highest BCUT2D eigenvalue weighted by Gasteiger charge is 2.09. The Balaban J connectivity index is 1.72. The van der Waals surface area contributed by atoms with Crippen LogP contribution in [0.25, 0.3) is 11.0 Å². The van der Waals surface area contributed by atoms with E-state index in [1.165, 1.54) is 0 Å². The Kier molecular flexibility index (Phi) is 3.68. The molecule has 0 fully saturated rings. The van der Waals surface area contributed by atoms with Gasteiger partial charge in [-0.1, -0.05) is 18.2 Å². The van der Waals surface area contributed by atoms with Gasteiger partial charge in [-0.3, -0.25) is 5.10 Å². The van der Waals surface area contributed by atoms with Crippen LogP contribution in [0.2, 0.25) is 0 Å². The standard InChI is InChI=1S/C15H17N5O/c1-10-13-14(20-19-10)15(18-9-17-13)16-8-7-11-5-3-4-6-12(11)21-2/h3-6,9H,7-8H2,1-2H3,(H,19,20)(H,16,17,18). The van der Waals surface area contributed by atoms with Gasteiger partial charge in [0.2, 0.25) is 0 Å². The number of aryl methyl sites for hydroxylation is 1. The third-order valence-electron chi connectivity index (χ3n) is 3.39. The fourth-order valence-electron chi connectivity index (χ4n) is 2.31. The Labute approximate surface area is 122 Å². The van der Waals surface area contributed by atoms with Crippen molar-refractivity contribution in [3.8, 4) is 5.75 Å². The predicted molar refractivity (Wildman–Crippen MR) is 81.6 cm³/mol. The maximum Gasteiger partial charge on any atom is 0.157 e. The molecular weight excluding hydrogens is 266 g/mol. The second kappa shape index (κ2) is 5.78. The molecule has 0 amide bonds. The molecule has 0 saturated carbocycles. The summed E-state index contributed by atoms with van der Waals surface area (Å²) in [5.41, 5.74) is 3.73. The number of nitrogens with zero attached hydrogens (tertiary/aromatic N) is 3. The van der Waals surface area contributed by atoms with Crippen molar-refractivity contribution in [2.75, 3.05) is 19.0 Å². The van der Waals surface area contributed by atoms with Crippen molar-refractivity contribution >= 4 is 16.9 Å². The molecule has 6 heteroatoms. The number of H-pyrrole nitrogens is 1. The Morgan fingerprint density at radius 1 is 1.19 bits per heavy atom. The zero-order valence-electron chi connectivity index (χ0n) is 12.1. The van der Waals surface area contributed by atoms with E-state index >= 15 is 0 Å². The summed E-state index contributed by atoms with van der Waals surface area (Å²) >= 11 is 0. The minimum Gasteiger partial charge on any atom is -0.496 e. The summed E-state index contributed by atoms with van der Waals surface area (Å²) in [6.45, 7) is 2.69. The van der Waals surface area contributed by atoms with E-state index in [4.69, 9.17) is 4.74 Å². The second-order valence-electron chi connectivity index (χ2n) is 4.76. The smallest absolute Gasteiger partial charge is 0.157 e. The Hall–Kier alpha value is -2.63. The predicted octanol–water partition coefficient (Wildman–Crippen LogP) is 2.32. The normalized spacial score (nSPS) is 10.8. The van der Waals surface area contributed by atoms with Gasteiger partial charge in [0.15, 0.2) is 11.3 Å². The molecule has 0 aliphatic heterocycles. The van der Waals surface area contributed by atoms with Gasteiger partial charge < -0.3 is 10.1 Å². The highest BCUT2D eigenvalue weighted by atomic mass is 16.5. The molecule has 21 heavy (non-hydrogen) atoms. The number of hydrogen-bond donors (Lipinski definition) is 2. The minimum atomic E-state index is 0.748. The monoisotopic (exact) mass is 283 g/mol. The molecule has 0 spiro atoms. The number of hydrogen-bond acceptors (Lipinski definition) is 5. The molecule has 0 radical (unpaired) electrons. The number of benzene rings is 1. The summed E-state index contributed by atoms with van der Waals surface area (Å²) in [7, 11) is 1.69. The molecule has 6 nitrogen and oxygen atoms in total. The third-order valence-corrected chi connectivity index (χ3v) is 3.39. The van der Waals surface area contributed by atoms with Crippen LogP contribution < -0.4 is 10.1 Å². The van der Waals surface area contributed by atoms with E-state index in [9.17, 15) is 0 Å². The molecule has 0 aliphatic rings. The summed E-state index contributed by atoms with van der Waals surface area (Å²) in [5, 5.41) is 10.5. The van der Waals surface area contributed by atoms with Crippen molar-refractivity contribution in [2.24, 2.45) is 0 Å². The van der Waals surface area contributed by atoms with E-state index in [-0.39, 0.29) is 0 Å². The first-order valence-corrected chi connectivity index (χ1v) is 6.81. The molecule has 0 atom stereocenters. The van der Waals surface area contributed by atoms with E-state index in [0.29, 0.717) is 0 Å². The first-order chi connectivity index (χ1) is 10.3. The summed E-state index contributed by atoms with van der Waals surface area (Å²) in [4.78, 5) is 8.49. The van der Waals surface area contributed by atoms with E-state index in [2.05, 4.69) is 31.5 Å². The van der Waals surface area contributed by atoms with E-state index < -0.39 is 0 Å². The molecule has 0 unspecified atom stereocenters. The van der Waals surface area contributed by atoms with Gasteiger partial charge in [-0.05, 0) is 25.0 Å². The molecule has 3 rings (SSSR count). The average Bonchev–Trinajstić information content (AvgIpc) is 2.90. The summed E-state index contributed by atoms with van der Waals surface area (Å²) in [6.07, 6.45) is 2.40. The lowest BCUT2D eigenvalue weighted by Crippen LogP contribution is -2.08.